The Balaban J connectivity index is 2.90. The molecular formula is C19H26FN3O5. The summed E-state index contributed by atoms with van der Waals surface area (Å²) in [6.07, 6.45) is -0.177. The van der Waals surface area contributed by atoms with Crippen molar-refractivity contribution in [2.24, 2.45) is 11.7 Å². The lowest BCUT2D eigenvalue weighted by Gasteiger charge is -2.23. The number of ether oxygens (including phenoxy) is 1. The van der Waals surface area contributed by atoms with E-state index in [1.54, 1.807) is 19.9 Å². The number of amides is 3. The average Bonchev–Trinajstić information content (AvgIpc) is 2.61. The standard InChI is InChI=1S/C19H26FN3O5/c1-4-28-19(27)11(2)9-15(17(21)25)23-18(26)16(22-12(3)24)10-13-7-5-6-8-14(13)20/h5-8,11,15-16H,4,9-10H2,1-3H3,(H2,21,25)(H,22,24)(H,23,26)/t11-,15-,16+/m1/s1. The van der Waals surface area contributed by atoms with E-state index >= 15 is 0 Å². The molecule has 1 aromatic carbocycles. The molecule has 1 aromatic rings. The lowest BCUT2D eigenvalue weighted by atomic mass is 10.00. The predicted molar refractivity (Wildman–Crippen MR) is 99.2 cm³/mol. The van der Waals surface area contributed by atoms with Gasteiger partial charge in [-0.25, -0.2) is 4.39 Å². The summed E-state index contributed by atoms with van der Waals surface area (Å²) in [7, 11) is 0. The third kappa shape index (κ3) is 7.34. The number of hydrogen-bond donors (Lipinski definition) is 3. The number of nitrogens with one attached hydrogen (secondary N) is 2. The molecule has 0 radical (unpaired) electrons. The van der Waals surface area contributed by atoms with Gasteiger partial charge < -0.3 is 21.1 Å². The molecule has 4 N–H and O–H groups in total. The number of carbonyl (C=O) groups excluding carboxylic acids is 4. The van der Waals surface area contributed by atoms with Crippen LogP contribution in [0.2, 0.25) is 0 Å². The summed E-state index contributed by atoms with van der Waals surface area (Å²) in [5.41, 5.74) is 5.56. The molecule has 0 heterocycles. The molecular weight excluding hydrogens is 369 g/mol. The van der Waals surface area contributed by atoms with Gasteiger partial charge in [0, 0.05) is 13.3 Å². The molecule has 28 heavy (non-hydrogen) atoms. The third-order valence-electron chi connectivity index (χ3n) is 4.01. The van der Waals surface area contributed by atoms with Gasteiger partial charge in [-0.3, -0.25) is 19.2 Å². The first-order valence-electron chi connectivity index (χ1n) is 8.92. The van der Waals surface area contributed by atoms with Gasteiger partial charge in [0.25, 0.3) is 0 Å². The second kappa shape index (κ2) is 11.0. The van der Waals surface area contributed by atoms with Crippen molar-refractivity contribution in [2.75, 3.05) is 6.61 Å². The highest BCUT2D eigenvalue weighted by Gasteiger charge is 2.29. The molecule has 154 valence electrons. The molecule has 0 unspecified atom stereocenters. The van der Waals surface area contributed by atoms with Crippen LogP contribution in [0.15, 0.2) is 24.3 Å². The first-order valence-corrected chi connectivity index (χ1v) is 8.92. The molecule has 0 aromatic heterocycles. The Kier molecular flexibility index (Phi) is 9.07. The van der Waals surface area contributed by atoms with Crippen LogP contribution in [0.25, 0.3) is 0 Å². The van der Waals surface area contributed by atoms with Crippen LogP contribution in [0.5, 0.6) is 0 Å². The fourth-order valence-corrected chi connectivity index (χ4v) is 2.59. The van der Waals surface area contributed by atoms with Gasteiger partial charge in [0.05, 0.1) is 12.5 Å². The highest BCUT2D eigenvalue weighted by molar-refractivity contribution is 5.91. The minimum atomic E-state index is -1.15. The van der Waals surface area contributed by atoms with E-state index < -0.39 is 47.5 Å². The van der Waals surface area contributed by atoms with Crippen LogP contribution >= 0.6 is 0 Å². The van der Waals surface area contributed by atoms with E-state index in [0.717, 1.165) is 0 Å². The molecule has 0 aliphatic rings. The van der Waals surface area contributed by atoms with Gasteiger partial charge in [0.1, 0.15) is 17.9 Å². The molecule has 3 atom stereocenters. The Morgan fingerprint density at radius 2 is 1.79 bits per heavy atom. The summed E-state index contributed by atoms with van der Waals surface area (Å²) < 4.78 is 18.8. The number of carbonyl (C=O) groups is 4. The predicted octanol–water partition coefficient (Wildman–Crippen LogP) is 0.432. The molecule has 0 aliphatic heterocycles. The number of benzene rings is 1. The Morgan fingerprint density at radius 3 is 2.32 bits per heavy atom. The van der Waals surface area contributed by atoms with Crippen LogP contribution in [-0.2, 0) is 30.3 Å². The van der Waals surface area contributed by atoms with Crippen LogP contribution in [-0.4, -0.2) is 42.4 Å². The lowest BCUT2D eigenvalue weighted by molar-refractivity contribution is -0.148. The quantitative estimate of drug-likeness (QED) is 0.495. The summed E-state index contributed by atoms with van der Waals surface area (Å²) in [6, 6.07) is 3.58. The van der Waals surface area contributed by atoms with Gasteiger partial charge in [0.15, 0.2) is 0 Å². The zero-order valence-electron chi connectivity index (χ0n) is 16.2. The summed E-state index contributed by atoms with van der Waals surface area (Å²) in [4.78, 5) is 47.5. The van der Waals surface area contributed by atoms with E-state index in [1.165, 1.54) is 25.1 Å². The topological polar surface area (TPSA) is 128 Å². The van der Waals surface area contributed by atoms with Crippen LogP contribution in [0, 0.1) is 11.7 Å². The molecule has 0 aliphatic carbocycles. The van der Waals surface area contributed by atoms with Crippen LogP contribution in [0.1, 0.15) is 32.8 Å². The molecule has 0 saturated carbocycles. The zero-order chi connectivity index (χ0) is 21.3. The molecule has 0 saturated heterocycles. The number of nitrogens with two attached hydrogens (primary N) is 1. The number of primary amides is 1. The fraction of sp³-hybridized carbons (Fsp3) is 0.474. The zero-order valence-corrected chi connectivity index (χ0v) is 16.2. The summed E-state index contributed by atoms with van der Waals surface area (Å²) >= 11 is 0. The van der Waals surface area contributed by atoms with E-state index in [9.17, 15) is 23.6 Å². The van der Waals surface area contributed by atoms with Crippen molar-refractivity contribution in [1.29, 1.82) is 0 Å². The van der Waals surface area contributed by atoms with E-state index in [1.807, 2.05) is 0 Å². The Morgan fingerprint density at radius 1 is 1.14 bits per heavy atom. The van der Waals surface area contributed by atoms with Gasteiger partial charge in [-0.2, -0.15) is 0 Å². The SMILES string of the molecule is CCOC(=O)[C@H](C)C[C@@H](NC(=O)[C@H](Cc1ccccc1F)NC(C)=O)C(N)=O. The van der Waals surface area contributed by atoms with E-state index in [0.29, 0.717) is 0 Å². The van der Waals surface area contributed by atoms with Gasteiger partial charge in [-0.15, -0.1) is 0 Å². The van der Waals surface area contributed by atoms with Gasteiger partial charge in [-0.1, -0.05) is 25.1 Å². The minimum Gasteiger partial charge on any atom is -0.466 e. The van der Waals surface area contributed by atoms with Crippen LogP contribution in [0.4, 0.5) is 4.39 Å². The molecule has 9 heteroatoms. The molecule has 0 fully saturated rings. The molecule has 1 rings (SSSR count). The second-order valence-corrected chi connectivity index (χ2v) is 6.40. The van der Waals surface area contributed by atoms with Gasteiger partial charge >= 0.3 is 5.97 Å². The molecule has 0 bridgehead atoms. The molecule has 0 spiro atoms. The number of rotatable bonds is 10. The van der Waals surface area contributed by atoms with Crippen molar-refractivity contribution >= 4 is 23.7 Å². The van der Waals surface area contributed by atoms with E-state index in [2.05, 4.69) is 10.6 Å². The van der Waals surface area contributed by atoms with E-state index in [4.69, 9.17) is 10.5 Å². The second-order valence-electron chi connectivity index (χ2n) is 6.40. The Bertz CT molecular complexity index is 725. The van der Waals surface area contributed by atoms with Crippen molar-refractivity contribution in [3.63, 3.8) is 0 Å². The molecule has 8 nitrogen and oxygen atoms in total. The van der Waals surface area contributed by atoms with Gasteiger partial charge in [-0.05, 0) is 25.0 Å². The maximum Gasteiger partial charge on any atom is 0.308 e. The number of hydrogen-bond acceptors (Lipinski definition) is 5. The Hall–Kier alpha value is -2.97. The van der Waals surface area contributed by atoms with Crippen LogP contribution in [0.3, 0.4) is 0 Å². The van der Waals surface area contributed by atoms with Gasteiger partial charge in [0.2, 0.25) is 17.7 Å². The Labute approximate surface area is 163 Å². The van der Waals surface area contributed by atoms with Crippen molar-refractivity contribution in [1.82, 2.24) is 10.6 Å². The smallest absolute Gasteiger partial charge is 0.308 e. The summed E-state index contributed by atoms with van der Waals surface area (Å²) in [5.74, 6) is -3.76. The average molecular weight is 395 g/mol. The minimum absolute atomic E-state index is 0.0631. The lowest BCUT2D eigenvalue weighted by Crippen LogP contribution is -2.54. The summed E-state index contributed by atoms with van der Waals surface area (Å²) in [5, 5.41) is 4.87. The number of esters is 1. The van der Waals surface area contributed by atoms with Crippen molar-refractivity contribution in [3.8, 4) is 0 Å². The first kappa shape index (κ1) is 23.1. The van der Waals surface area contributed by atoms with Crippen molar-refractivity contribution in [3.05, 3.63) is 35.6 Å². The maximum absolute atomic E-state index is 13.9. The maximum atomic E-state index is 13.9. The molecule has 3 amide bonds. The monoisotopic (exact) mass is 395 g/mol. The van der Waals surface area contributed by atoms with Crippen molar-refractivity contribution < 1.29 is 28.3 Å². The van der Waals surface area contributed by atoms with E-state index in [-0.39, 0.29) is 25.0 Å². The van der Waals surface area contributed by atoms with Crippen LogP contribution < -0.4 is 16.4 Å². The highest BCUT2D eigenvalue weighted by atomic mass is 19.1. The number of halogens is 1. The first-order chi connectivity index (χ1) is 13.1. The fourth-order valence-electron chi connectivity index (χ4n) is 2.59. The normalized spacial score (nSPS) is 13.7. The third-order valence-corrected chi connectivity index (χ3v) is 4.01. The highest BCUT2D eigenvalue weighted by Crippen LogP contribution is 2.12. The largest absolute Gasteiger partial charge is 0.466 e. The van der Waals surface area contributed by atoms with Crippen molar-refractivity contribution in [2.45, 2.75) is 45.7 Å². The summed E-state index contributed by atoms with van der Waals surface area (Å²) in [6.45, 7) is 4.60.